The molecule has 1 aliphatic heterocycles. The van der Waals surface area contributed by atoms with Gasteiger partial charge in [-0.15, -0.1) is 0 Å². The number of hydrogen-bond donors (Lipinski definition) is 2. The lowest BCUT2D eigenvalue weighted by Gasteiger charge is -2.31. The van der Waals surface area contributed by atoms with E-state index < -0.39 is 0 Å². The first kappa shape index (κ1) is 12.7. The second-order valence-electron chi connectivity index (χ2n) is 5.51. The number of likely N-dealkylation sites (tertiary alicyclic amines) is 1. The number of piperidine rings is 1. The van der Waals surface area contributed by atoms with E-state index in [1.54, 1.807) is 0 Å². The number of H-pyrrole nitrogens is 1. The molecular weight excluding hydrogens is 234 g/mol. The number of benzene rings is 1. The van der Waals surface area contributed by atoms with Crippen LogP contribution in [0.15, 0.2) is 30.5 Å². The number of nitrogens with zero attached hydrogens (tertiary/aromatic N) is 1. The van der Waals surface area contributed by atoms with Gasteiger partial charge in [0.05, 0.1) is 0 Å². The molecule has 3 heteroatoms. The quantitative estimate of drug-likeness (QED) is 0.881. The maximum atomic E-state index is 3.39. The molecule has 2 aromatic rings. The summed E-state index contributed by atoms with van der Waals surface area (Å²) in [7, 11) is 2.08. The molecule has 0 aliphatic carbocycles. The molecule has 1 fully saturated rings. The van der Waals surface area contributed by atoms with Crippen LogP contribution in [0, 0.1) is 0 Å². The zero-order chi connectivity index (χ0) is 13.1. The Hall–Kier alpha value is -1.32. The van der Waals surface area contributed by atoms with Crippen LogP contribution in [0.1, 0.15) is 18.4 Å². The van der Waals surface area contributed by atoms with E-state index in [2.05, 4.69) is 52.7 Å². The van der Waals surface area contributed by atoms with E-state index >= 15 is 0 Å². The van der Waals surface area contributed by atoms with E-state index in [0.717, 1.165) is 12.5 Å². The highest BCUT2D eigenvalue weighted by Crippen LogP contribution is 2.19. The minimum atomic E-state index is 0.726. The van der Waals surface area contributed by atoms with Crippen LogP contribution in [0.25, 0.3) is 10.9 Å². The zero-order valence-corrected chi connectivity index (χ0v) is 11.7. The predicted octanol–water partition coefficient (Wildman–Crippen LogP) is 2.39. The van der Waals surface area contributed by atoms with Gasteiger partial charge in [0.2, 0.25) is 0 Å². The highest BCUT2D eigenvalue weighted by Gasteiger charge is 2.17. The van der Waals surface area contributed by atoms with Gasteiger partial charge in [0.1, 0.15) is 0 Å². The lowest BCUT2D eigenvalue weighted by Crippen LogP contribution is -2.41. The molecule has 1 aliphatic rings. The first-order valence-corrected chi connectivity index (χ1v) is 7.31. The first-order valence-electron chi connectivity index (χ1n) is 7.31. The second-order valence-corrected chi connectivity index (χ2v) is 5.51. The molecule has 0 saturated carbocycles. The minimum absolute atomic E-state index is 0.726. The van der Waals surface area contributed by atoms with Crippen LogP contribution in [-0.4, -0.2) is 42.6 Å². The summed E-state index contributed by atoms with van der Waals surface area (Å²) in [5, 5.41) is 4.77. The summed E-state index contributed by atoms with van der Waals surface area (Å²) in [6.07, 6.45) is 5.88. The number of rotatable bonds is 4. The molecule has 0 atom stereocenters. The van der Waals surface area contributed by atoms with Crippen LogP contribution in [0.4, 0.5) is 0 Å². The molecule has 102 valence electrons. The van der Waals surface area contributed by atoms with Crippen molar-refractivity contribution in [3.8, 4) is 0 Å². The summed E-state index contributed by atoms with van der Waals surface area (Å²) in [5.74, 6) is 0. The zero-order valence-electron chi connectivity index (χ0n) is 11.7. The van der Waals surface area contributed by atoms with Crippen molar-refractivity contribution in [1.29, 1.82) is 0 Å². The van der Waals surface area contributed by atoms with Gasteiger partial charge in [-0.3, -0.25) is 0 Å². The first-order chi connectivity index (χ1) is 9.36. The van der Waals surface area contributed by atoms with E-state index in [-0.39, 0.29) is 0 Å². The molecule has 2 N–H and O–H groups in total. The molecular formula is C16H23N3. The fourth-order valence-corrected chi connectivity index (χ4v) is 3.06. The predicted molar refractivity (Wildman–Crippen MR) is 80.5 cm³/mol. The van der Waals surface area contributed by atoms with Crippen LogP contribution < -0.4 is 5.32 Å². The summed E-state index contributed by atoms with van der Waals surface area (Å²) >= 11 is 0. The largest absolute Gasteiger partial charge is 0.361 e. The standard InChI is InChI=1S/C16H23N3/c1-17-14-7-10-19(11-8-14)9-6-13-12-18-16-5-3-2-4-15(13)16/h2-5,12,14,17-18H,6-11H2,1H3. The van der Waals surface area contributed by atoms with Gasteiger partial charge in [0, 0.05) is 29.7 Å². The summed E-state index contributed by atoms with van der Waals surface area (Å²) in [5.41, 5.74) is 2.71. The average Bonchev–Trinajstić information content (AvgIpc) is 2.89. The van der Waals surface area contributed by atoms with Crippen LogP contribution in [0.5, 0.6) is 0 Å². The van der Waals surface area contributed by atoms with Gasteiger partial charge in [-0.05, 0) is 51.0 Å². The number of hydrogen-bond acceptors (Lipinski definition) is 2. The lowest BCUT2D eigenvalue weighted by molar-refractivity contribution is 0.204. The molecule has 0 bridgehead atoms. The molecule has 19 heavy (non-hydrogen) atoms. The Morgan fingerprint density at radius 1 is 1.26 bits per heavy atom. The summed E-state index contributed by atoms with van der Waals surface area (Å²) in [6.45, 7) is 3.64. The maximum absolute atomic E-state index is 3.39. The maximum Gasteiger partial charge on any atom is 0.0456 e. The molecule has 3 nitrogen and oxygen atoms in total. The lowest BCUT2D eigenvalue weighted by atomic mass is 10.0. The number of aromatic nitrogens is 1. The number of aromatic amines is 1. The Morgan fingerprint density at radius 3 is 2.84 bits per heavy atom. The third-order valence-electron chi connectivity index (χ3n) is 4.37. The van der Waals surface area contributed by atoms with E-state index in [9.17, 15) is 0 Å². The second kappa shape index (κ2) is 5.76. The van der Waals surface area contributed by atoms with Gasteiger partial charge in [0.25, 0.3) is 0 Å². The van der Waals surface area contributed by atoms with Gasteiger partial charge in [-0.25, -0.2) is 0 Å². The van der Waals surface area contributed by atoms with E-state index in [4.69, 9.17) is 0 Å². The fourth-order valence-electron chi connectivity index (χ4n) is 3.06. The number of para-hydroxylation sites is 1. The highest BCUT2D eigenvalue weighted by molar-refractivity contribution is 5.83. The molecule has 1 aromatic heterocycles. The van der Waals surface area contributed by atoms with Gasteiger partial charge in [-0.1, -0.05) is 18.2 Å². The van der Waals surface area contributed by atoms with Crippen molar-refractivity contribution in [3.05, 3.63) is 36.0 Å². The molecule has 1 saturated heterocycles. The average molecular weight is 257 g/mol. The highest BCUT2D eigenvalue weighted by atomic mass is 15.1. The summed E-state index contributed by atoms with van der Waals surface area (Å²) in [6, 6.07) is 9.30. The van der Waals surface area contributed by atoms with Crippen LogP contribution in [0.2, 0.25) is 0 Å². The van der Waals surface area contributed by atoms with Crippen molar-refractivity contribution in [2.24, 2.45) is 0 Å². The van der Waals surface area contributed by atoms with Gasteiger partial charge in [-0.2, -0.15) is 0 Å². The van der Waals surface area contributed by atoms with Crippen molar-refractivity contribution in [2.45, 2.75) is 25.3 Å². The van der Waals surface area contributed by atoms with Crippen molar-refractivity contribution in [1.82, 2.24) is 15.2 Å². The topological polar surface area (TPSA) is 31.1 Å². The van der Waals surface area contributed by atoms with Crippen molar-refractivity contribution in [2.75, 3.05) is 26.7 Å². The van der Waals surface area contributed by atoms with E-state index in [0.29, 0.717) is 0 Å². The number of fused-ring (bicyclic) bond motifs is 1. The van der Waals surface area contributed by atoms with Crippen LogP contribution in [0.3, 0.4) is 0 Å². The molecule has 2 heterocycles. The molecule has 0 spiro atoms. The Balaban J connectivity index is 1.58. The molecule has 0 unspecified atom stereocenters. The van der Waals surface area contributed by atoms with Gasteiger partial charge in [0.15, 0.2) is 0 Å². The van der Waals surface area contributed by atoms with Gasteiger partial charge >= 0.3 is 0 Å². The molecule has 1 aromatic carbocycles. The van der Waals surface area contributed by atoms with E-state index in [1.165, 1.54) is 48.9 Å². The molecule has 0 radical (unpaired) electrons. The number of nitrogens with one attached hydrogen (secondary N) is 2. The Kier molecular flexibility index (Phi) is 3.85. The Labute approximate surface area is 115 Å². The fraction of sp³-hybridized carbons (Fsp3) is 0.500. The Bertz CT molecular complexity index is 524. The summed E-state index contributed by atoms with van der Waals surface area (Å²) < 4.78 is 0. The van der Waals surface area contributed by atoms with Crippen molar-refractivity contribution < 1.29 is 0 Å². The van der Waals surface area contributed by atoms with Crippen molar-refractivity contribution in [3.63, 3.8) is 0 Å². The SMILES string of the molecule is CNC1CCN(CCc2c[nH]c3ccccc23)CC1. The Morgan fingerprint density at radius 2 is 2.05 bits per heavy atom. The third kappa shape index (κ3) is 2.82. The van der Waals surface area contributed by atoms with Crippen molar-refractivity contribution >= 4 is 10.9 Å². The van der Waals surface area contributed by atoms with Crippen LogP contribution in [-0.2, 0) is 6.42 Å². The van der Waals surface area contributed by atoms with Gasteiger partial charge < -0.3 is 15.2 Å². The molecule has 3 rings (SSSR count). The smallest absolute Gasteiger partial charge is 0.0456 e. The molecule has 0 amide bonds. The van der Waals surface area contributed by atoms with E-state index in [1.807, 2.05) is 0 Å². The minimum Gasteiger partial charge on any atom is -0.361 e. The van der Waals surface area contributed by atoms with Crippen LogP contribution >= 0.6 is 0 Å². The third-order valence-corrected chi connectivity index (χ3v) is 4.37. The normalized spacial score (nSPS) is 18.2. The summed E-state index contributed by atoms with van der Waals surface area (Å²) in [4.78, 5) is 5.96. The monoisotopic (exact) mass is 257 g/mol.